The van der Waals surface area contributed by atoms with Crippen molar-refractivity contribution in [3.8, 4) is 0 Å². The lowest BCUT2D eigenvalue weighted by atomic mass is 10.0. The maximum atomic E-state index is 3.12. The number of rotatable bonds is 7. The zero-order valence-corrected chi connectivity index (χ0v) is 8.11. The van der Waals surface area contributed by atoms with E-state index in [2.05, 4.69) is 24.7 Å². The topological polar surface area (TPSA) is 24.1 Å². The summed E-state index contributed by atoms with van der Waals surface area (Å²) in [6.07, 6.45) is 5.43. The Hall–Kier alpha value is -0.0800. The Morgan fingerprint density at radius 1 is 1.27 bits per heavy atom. The van der Waals surface area contributed by atoms with Crippen molar-refractivity contribution in [2.75, 3.05) is 13.6 Å². The first-order valence-electron chi connectivity index (χ1n) is 4.70. The minimum absolute atomic E-state index is 0.800. The van der Waals surface area contributed by atoms with E-state index in [0.717, 1.165) is 12.5 Å². The first kappa shape index (κ1) is 10.9. The standard InChI is InChI=1S/C9H22N2/c1-4-5-6-7-9(2)8-11-10-3/h9-11H,4-8H2,1-3H3. The molecule has 0 aromatic carbocycles. The second kappa shape index (κ2) is 8.02. The predicted molar refractivity (Wildman–Crippen MR) is 50.4 cm³/mol. The summed E-state index contributed by atoms with van der Waals surface area (Å²) < 4.78 is 0. The van der Waals surface area contributed by atoms with E-state index in [1.54, 1.807) is 0 Å². The Kier molecular flexibility index (Phi) is 7.96. The molecule has 0 amide bonds. The van der Waals surface area contributed by atoms with Gasteiger partial charge in [-0.1, -0.05) is 33.1 Å². The highest BCUT2D eigenvalue weighted by molar-refractivity contribution is 4.54. The van der Waals surface area contributed by atoms with Crippen LogP contribution in [-0.4, -0.2) is 13.6 Å². The van der Waals surface area contributed by atoms with Gasteiger partial charge in [-0.25, -0.2) is 0 Å². The molecule has 1 atom stereocenters. The molecular formula is C9H22N2. The van der Waals surface area contributed by atoms with Gasteiger partial charge in [0, 0.05) is 6.54 Å². The highest BCUT2D eigenvalue weighted by atomic mass is 15.3. The van der Waals surface area contributed by atoms with Crippen molar-refractivity contribution in [3.05, 3.63) is 0 Å². The van der Waals surface area contributed by atoms with Crippen LogP contribution in [0.3, 0.4) is 0 Å². The average Bonchev–Trinajstić information content (AvgIpc) is 2.01. The maximum Gasteiger partial charge on any atom is 0.0125 e. The van der Waals surface area contributed by atoms with Crippen LogP contribution in [0, 0.1) is 5.92 Å². The van der Waals surface area contributed by atoms with Crippen LogP contribution in [0.15, 0.2) is 0 Å². The summed E-state index contributed by atoms with van der Waals surface area (Å²) in [7, 11) is 1.92. The SMILES string of the molecule is CCCCCC(C)CNNC. The molecule has 0 heterocycles. The van der Waals surface area contributed by atoms with Gasteiger partial charge in [-0.2, -0.15) is 0 Å². The minimum atomic E-state index is 0.800. The number of hydrazine groups is 1. The molecule has 11 heavy (non-hydrogen) atoms. The third-order valence-corrected chi connectivity index (χ3v) is 1.93. The molecule has 0 aliphatic heterocycles. The van der Waals surface area contributed by atoms with Gasteiger partial charge in [0.15, 0.2) is 0 Å². The van der Waals surface area contributed by atoms with Crippen molar-refractivity contribution in [1.82, 2.24) is 10.9 Å². The summed E-state index contributed by atoms with van der Waals surface area (Å²) in [5, 5.41) is 0. The monoisotopic (exact) mass is 158 g/mol. The molecule has 0 rings (SSSR count). The van der Waals surface area contributed by atoms with Gasteiger partial charge in [-0.3, -0.25) is 10.9 Å². The number of nitrogens with one attached hydrogen (secondary N) is 2. The van der Waals surface area contributed by atoms with E-state index >= 15 is 0 Å². The molecule has 0 radical (unpaired) electrons. The minimum Gasteiger partial charge on any atom is -0.261 e. The van der Waals surface area contributed by atoms with Crippen molar-refractivity contribution < 1.29 is 0 Å². The summed E-state index contributed by atoms with van der Waals surface area (Å²) in [6.45, 7) is 5.62. The summed E-state index contributed by atoms with van der Waals surface area (Å²) in [6, 6.07) is 0. The Morgan fingerprint density at radius 3 is 2.55 bits per heavy atom. The molecule has 0 aromatic heterocycles. The van der Waals surface area contributed by atoms with Gasteiger partial charge in [-0.05, 0) is 19.4 Å². The van der Waals surface area contributed by atoms with Crippen molar-refractivity contribution in [3.63, 3.8) is 0 Å². The first-order chi connectivity index (χ1) is 5.31. The van der Waals surface area contributed by atoms with E-state index < -0.39 is 0 Å². The second-order valence-electron chi connectivity index (χ2n) is 3.23. The van der Waals surface area contributed by atoms with Gasteiger partial charge in [0.05, 0.1) is 0 Å². The first-order valence-corrected chi connectivity index (χ1v) is 4.70. The number of unbranched alkanes of at least 4 members (excludes halogenated alkanes) is 2. The smallest absolute Gasteiger partial charge is 0.0125 e. The fraction of sp³-hybridized carbons (Fsp3) is 1.00. The van der Waals surface area contributed by atoms with E-state index in [1.165, 1.54) is 25.7 Å². The van der Waals surface area contributed by atoms with Crippen molar-refractivity contribution in [1.29, 1.82) is 0 Å². The molecule has 0 aliphatic rings. The summed E-state index contributed by atoms with van der Waals surface area (Å²) in [5.41, 5.74) is 6.06. The van der Waals surface area contributed by atoms with Crippen LogP contribution in [0.4, 0.5) is 0 Å². The molecule has 0 spiro atoms. The van der Waals surface area contributed by atoms with Gasteiger partial charge >= 0.3 is 0 Å². The highest BCUT2D eigenvalue weighted by Gasteiger charge is 1.99. The molecular weight excluding hydrogens is 136 g/mol. The van der Waals surface area contributed by atoms with E-state index in [0.29, 0.717) is 0 Å². The van der Waals surface area contributed by atoms with Gasteiger partial charge < -0.3 is 0 Å². The molecule has 68 valence electrons. The predicted octanol–water partition coefficient (Wildman–Crippen LogP) is 1.93. The highest BCUT2D eigenvalue weighted by Crippen LogP contribution is 2.07. The fourth-order valence-corrected chi connectivity index (χ4v) is 1.12. The Morgan fingerprint density at radius 2 is 2.00 bits per heavy atom. The normalized spacial score (nSPS) is 13.4. The quantitative estimate of drug-likeness (QED) is 0.437. The lowest BCUT2D eigenvalue weighted by Crippen LogP contribution is -2.31. The summed E-state index contributed by atoms with van der Waals surface area (Å²) in [5.74, 6) is 0.800. The van der Waals surface area contributed by atoms with Crippen LogP contribution in [0.2, 0.25) is 0 Å². The van der Waals surface area contributed by atoms with E-state index in [-0.39, 0.29) is 0 Å². The average molecular weight is 158 g/mol. The molecule has 2 N–H and O–H groups in total. The van der Waals surface area contributed by atoms with Gasteiger partial charge in [-0.15, -0.1) is 0 Å². The number of hydrogen-bond acceptors (Lipinski definition) is 2. The zero-order valence-electron chi connectivity index (χ0n) is 8.11. The third-order valence-electron chi connectivity index (χ3n) is 1.93. The largest absolute Gasteiger partial charge is 0.261 e. The summed E-state index contributed by atoms with van der Waals surface area (Å²) >= 11 is 0. The molecule has 0 aromatic rings. The molecule has 2 nitrogen and oxygen atoms in total. The van der Waals surface area contributed by atoms with E-state index in [1.807, 2.05) is 7.05 Å². The van der Waals surface area contributed by atoms with Gasteiger partial charge in [0.25, 0.3) is 0 Å². The zero-order chi connectivity index (χ0) is 8.53. The van der Waals surface area contributed by atoms with Gasteiger partial charge in [0.1, 0.15) is 0 Å². The van der Waals surface area contributed by atoms with Crippen LogP contribution in [0.5, 0.6) is 0 Å². The molecule has 0 bridgehead atoms. The maximum absolute atomic E-state index is 3.12. The van der Waals surface area contributed by atoms with Crippen LogP contribution < -0.4 is 10.9 Å². The Balaban J connectivity index is 3.02. The second-order valence-corrected chi connectivity index (χ2v) is 3.23. The molecule has 0 fully saturated rings. The Labute approximate surface area is 70.7 Å². The molecule has 2 heteroatoms. The van der Waals surface area contributed by atoms with Crippen molar-refractivity contribution >= 4 is 0 Å². The van der Waals surface area contributed by atoms with Crippen LogP contribution >= 0.6 is 0 Å². The molecule has 0 aliphatic carbocycles. The van der Waals surface area contributed by atoms with Crippen LogP contribution in [-0.2, 0) is 0 Å². The van der Waals surface area contributed by atoms with E-state index in [4.69, 9.17) is 0 Å². The fourth-order valence-electron chi connectivity index (χ4n) is 1.12. The molecule has 0 saturated heterocycles. The van der Waals surface area contributed by atoms with Crippen LogP contribution in [0.25, 0.3) is 0 Å². The van der Waals surface area contributed by atoms with Crippen LogP contribution in [0.1, 0.15) is 39.5 Å². The number of hydrogen-bond donors (Lipinski definition) is 2. The van der Waals surface area contributed by atoms with Crippen molar-refractivity contribution in [2.24, 2.45) is 5.92 Å². The third kappa shape index (κ3) is 7.82. The lowest BCUT2D eigenvalue weighted by Gasteiger charge is -2.10. The summed E-state index contributed by atoms with van der Waals surface area (Å²) in [4.78, 5) is 0. The molecule has 1 unspecified atom stereocenters. The lowest BCUT2D eigenvalue weighted by molar-refractivity contribution is 0.434. The van der Waals surface area contributed by atoms with Crippen molar-refractivity contribution in [2.45, 2.75) is 39.5 Å². The van der Waals surface area contributed by atoms with Gasteiger partial charge in [0.2, 0.25) is 0 Å². The van der Waals surface area contributed by atoms with E-state index in [9.17, 15) is 0 Å². The Bertz CT molecular complexity index is 74.0. The molecule has 0 saturated carbocycles.